The van der Waals surface area contributed by atoms with Crippen LogP contribution in [0.2, 0.25) is 0 Å². The Kier molecular flexibility index (Phi) is 3.45. The Labute approximate surface area is 118 Å². The lowest BCUT2D eigenvalue weighted by Gasteiger charge is -2.38. The van der Waals surface area contributed by atoms with Crippen LogP contribution in [0.4, 0.5) is 10.1 Å². The minimum atomic E-state index is -0.401. The van der Waals surface area contributed by atoms with Gasteiger partial charge in [0.05, 0.1) is 12.1 Å². The predicted octanol–water partition coefficient (Wildman–Crippen LogP) is 3.16. The van der Waals surface area contributed by atoms with Crippen molar-refractivity contribution in [3.63, 3.8) is 0 Å². The smallest absolute Gasteiger partial charge is 0.125 e. The molecule has 0 aromatic heterocycles. The second-order valence-corrected chi connectivity index (χ2v) is 5.52. The molecule has 1 atom stereocenters. The first-order valence-electron chi connectivity index (χ1n) is 6.92. The van der Waals surface area contributed by atoms with Crippen molar-refractivity contribution in [1.29, 1.82) is 0 Å². The van der Waals surface area contributed by atoms with Crippen LogP contribution in [0.1, 0.15) is 17.5 Å². The molecule has 0 saturated heterocycles. The summed E-state index contributed by atoms with van der Waals surface area (Å²) in [6, 6.07) is 14.7. The molecule has 0 amide bonds. The van der Waals surface area contributed by atoms with Crippen molar-refractivity contribution >= 4 is 5.69 Å². The zero-order valence-corrected chi connectivity index (χ0v) is 11.3. The fourth-order valence-corrected chi connectivity index (χ4v) is 2.95. The maximum absolute atomic E-state index is 13.3. The highest BCUT2D eigenvalue weighted by atomic mass is 19.1. The van der Waals surface area contributed by atoms with Crippen molar-refractivity contribution < 1.29 is 9.50 Å². The van der Waals surface area contributed by atoms with Crippen molar-refractivity contribution in [1.82, 2.24) is 0 Å². The summed E-state index contributed by atoms with van der Waals surface area (Å²) in [5.41, 5.74) is 2.93. The van der Waals surface area contributed by atoms with E-state index in [4.69, 9.17) is 0 Å². The van der Waals surface area contributed by atoms with Crippen LogP contribution in [-0.4, -0.2) is 17.3 Å². The molecule has 1 aliphatic carbocycles. The molecule has 0 heterocycles. The van der Waals surface area contributed by atoms with E-state index in [1.54, 1.807) is 6.07 Å². The fourth-order valence-electron chi connectivity index (χ4n) is 2.95. The number of aliphatic hydroxyl groups is 1. The topological polar surface area (TPSA) is 32.3 Å². The van der Waals surface area contributed by atoms with Crippen LogP contribution in [0.5, 0.6) is 0 Å². The highest BCUT2D eigenvalue weighted by Crippen LogP contribution is 2.31. The number of aliphatic hydroxyl groups excluding tert-OH is 1. The lowest BCUT2D eigenvalue weighted by atomic mass is 9.78. The molecule has 0 radical (unpaired) electrons. The van der Waals surface area contributed by atoms with Crippen LogP contribution in [0.15, 0.2) is 48.5 Å². The number of hydrogen-bond acceptors (Lipinski definition) is 2. The molecule has 0 aliphatic heterocycles. The van der Waals surface area contributed by atoms with Gasteiger partial charge in [-0.3, -0.25) is 0 Å². The van der Waals surface area contributed by atoms with E-state index in [9.17, 15) is 9.50 Å². The van der Waals surface area contributed by atoms with Crippen LogP contribution in [0.3, 0.4) is 0 Å². The van der Waals surface area contributed by atoms with E-state index in [0.717, 1.165) is 24.9 Å². The largest absolute Gasteiger partial charge is 0.394 e. The van der Waals surface area contributed by atoms with Gasteiger partial charge in [-0.1, -0.05) is 30.3 Å². The van der Waals surface area contributed by atoms with E-state index in [1.807, 2.05) is 18.2 Å². The third-order valence-corrected chi connectivity index (χ3v) is 4.06. The maximum atomic E-state index is 13.3. The first-order valence-corrected chi connectivity index (χ1v) is 6.92. The van der Waals surface area contributed by atoms with Gasteiger partial charge in [0.15, 0.2) is 0 Å². The second-order valence-electron chi connectivity index (χ2n) is 5.52. The Morgan fingerprint density at radius 1 is 1.10 bits per heavy atom. The Balaban J connectivity index is 1.86. The monoisotopic (exact) mass is 271 g/mol. The minimum absolute atomic E-state index is 0.0395. The summed E-state index contributed by atoms with van der Waals surface area (Å²) in [6.45, 7) is 0.0395. The standard InChI is InChI=1S/C17H18FNO/c18-15-6-3-7-16(10-15)19-17(12-20)9-8-13-4-1-2-5-14(13)11-17/h1-7,10,19-20H,8-9,11-12H2. The number of halogens is 1. The summed E-state index contributed by atoms with van der Waals surface area (Å²) in [5.74, 6) is -0.265. The average molecular weight is 271 g/mol. The van der Waals surface area contributed by atoms with E-state index < -0.39 is 5.54 Å². The number of aryl methyl sites for hydroxylation is 1. The SMILES string of the molecule is OCC1(Nc2cccc(F)c2)CCc2ccccc2C1. The van der Waals surface area contributed by atoms with Crippen LogP contribution in [-0.2, 0) is 12.8 Å². The Hall–Kier alpha value is -1.87. The molecule has 2 N–H and O–H groups in total. The van der Waals surface area contributed by atoms with E-state index in [1.165, 1.54) is 23.3 Å². The van der Waals surface area contributed by atoms with Crippen LogP contribution in [0.25, 0.3) is 0 Å². The average Bonchev–Trinajstić information content (AvgIpc) is 2.47. The molecule has 1 unspecified atom stereocenters. The molecule has 104 valence electrons. The molecule has 20 heavy (non-hydrogen) atoms. The van der Waals surface area contributed by atoms with Crippen molar-refractivity contribution in [2.24, 2.45) is 0 Å². The first kappa shape index (κ1) is 13.1. The van der Waals surface area contributed by atoms with Crippen LogP contribution >= 0.6 is 0 Å². The Morgan fingerprint density at radius 3 is 2.65 bits per heavy atom. The molecular formula is C17H18FNO. The molecule has 3 heteroatoms. The third kappa shape index (κ3) is 2.54. The summed E-state index contributed by atoms with van der Waals surface area (Å²) >= 11 is 0. The predicted molar refractivity (Wildman–Crippen MR) is 78.3 cm³/mol. The molecule has 0 spiro atoms. The summed E-state index contributed by atoms with van der Waals surface area (Å²) < 4.78 is 13.3. The molecule has 2 nitrogen and oxygen atoms in total. The Bertz CT molecular complexity index is 613. The van der Waals surface area contributed by atoms with Gasteiger partial charge in [0.2, 0.25) is 0 Å². The van der Waals surface area contributed by atoms with Crippen LogP contribution in [0, 0.1) is 5.82 Å². The van der Waals surface area contributed by atoms with Crippen molar-refractivity contribution in [3.8, 4) is 0 Å². The summed E-state index contributed by atoms with van der Waals surface area (Å²) in [6.07, 6.45) is 2.53. The first-order chi connectivity index (χ1) is 9.71. The van der Waals surface area contributed by atoms with Gasteiger partial charge in [-0.2, -0.15) is 0 Å². The van der Waals surface area contributed by atoms with Gasteiger partial charge < -0.3 is 10.4 Å². The minimum Gasteiger partial charge on any atom is -0.394 e. The van der Waals surface area contributed by atoms with Crippen molar-refractivity contribution in [2.75, 3.05) is 11.9 Å². The second kappa shape index (κ2) is 5.25. The zero-order valence-electron chi connectivity index (χ0n) is 11.3. The van der Waals surface area contributed by atoms with E-state index in [0.29, 0.717) is 0 Å². The van der Waals surface area contributed by atoms with Gasteiger partial charge in [-0.25, -0.2) is 4.39 Å². The number of fused-ring (bicyclic) bond motifs is 1. The Morgan fingerprint density at radius 2 is 1.90 bits per heavy atom. The summed E-state index contributed by atoms with van der Waals surface area (Å²) in [5, 5.41) is 13.2. The number of anilines is 1. The summed E-state index contributed by atoms with van der Waals surface area (Å²) in [7, 11) is 0. The molecule has 2 aromatic carbocycles. The van der Waals surface area contributed by atoms with E-state index in [-0.39, 0.29) is 12.4 Å². The number of nitrogens with one attached hydrogen (secondary N) is 1. The molecule has 0 saturated carbocycles. The fraction of sp³-hybridized carbons (Fsp3) is 0.294. The number of benzene rings is 2. The molecule has 3 rings (SSSR count). The molecule has 0 bridgehead atoms. The van der Waals surface area contributed by atoms with Crippen molar-refractivity contribution in [3.05, 3.63) is 65.5 Å². The normalized spacial score (nSPS) is 21.3. The van der Waals surface area contributed by atoms with Gasteiger partial charge in [-0.05, 0) is 48.6 Å². The highest BCUT2D eigenvalue weighted by Gasteiger charge is 2.33. The molecule has 2 aromatic rings. The zero-order chi connectivity index (χ0) is 14.0. The van der Waals surface area contributed by atoms with E-state index in [2.05, 4.69) is 17.4 Å². The summed E-state index contributed by atoms with van der Waals surface area (Å²) in [4.78, 5) is 0. The van der Waals surface area contributed by atoms with E-state index >= 15 is 0 Å². The van der Waals surface area contributed by atoms with Gasteiger partial charge in [0.1, 0.15) is 5.82 Å². The van der Waals surface area contributed by atoms with Gasteiger partial charge in [0.25, 0.3) is 0 Å². The highest BCUT2D eigenvalue weighted by molar-refractivity contribution is 5.47. The maximum Gasteiger partial charge on any atom is 0.125 e. The van der Waals surface area contributed by atoms with Gasteiger partial charge in [-0.15, -0.1) is 0 Å². The third-order valence-electron chi connectivity index (χ3n) is 4.06. The quantitative estimate of drug-likeness (QED) is 0.898. The van der Waals surface area contributed by atoms with Gasteiger partial charge in [0, 0.05) is 5.69 Å². The van der Waals surface area contributed by atoms with Gasteiger partial charge >= 0.3 is 0 Å². The lowest BCUT2D eigenvalue weighted by molar-refractivity contribution is 0.196. The number of hydrogen-bond donors (Lipinski definition) is 2. The molecule has 0 fully saturated rings. The van der Waals surface area contributed by atoms with Crippen molar-refractivity contribution in [2.45, 2.75) is 24.8 Å². The lowest BCUT2D eigenvalue weighted by Crippen LogP contribution is -2.47. The molecular weight excluding hydrogens is 253 g/mol. The van der Waals surface area contributed by atoms with Crippen LogP contribution < -0.4 is 5.32 Å². The molecule has 1 aliphatic rings. The number of rotatable bonds is 3.